The molecule has 5 nitrogen and oxygen atoms in total. The number of rotatable bonds is 4. The Hall–Kier alpha value is -3.44. The molecule has 2 aromatic carbocycles. The van der Waals surface area contributed by atoms with Crippen molar-refractivity contribution >= 4 is 0 Å². The van der Waals surface area contributed by atoms with Gasteiger partial charge in [-0.1, -0.05) is 48.7 Å². The highest BCUT2D eigenvalue weighted by Crippen LogP contribution is 2.33. The third-order valence-electron chi connectivity index (χ3n) is 5.53. The SMILES string of the molecule is N#Cc1ccc(C(c2ccc(C#N)cc2)n2cc(C3CCCCC3)nn2)cc1. The fraction of sp³-hybridized carbons (Fsp3) is 0.304. The van der Waals surface area contributed by atoms with Crippen LogP contribution in [0.1, 0.15) is 72.0 Å². The van der Waals surface area contributed by atoms with Crippen molar-refractivity contribution < 1.29 is 0 Å². The van der Waals surface area contributed by atoms with Crippen molar-refractivity contribution in [1.82, 2.24) is 15.0 Å². The molecule has 5 heteroatoms. The van der Waals surface area contributed by atoms with Gasteiger partial charge in [-0.05, 0) is 48.2 Å². The summed E-state index contributed by atoms with van der Waals surface area (Å²) in [6.45, 7) is 0. The molecule has 1 aliphatic carbocycles. The molecule has 0 unspecified atom stereocenters. The van der Waals surface area contributed by atoms with Gasteiger partial charge in [0.05, 0.1) is 29.0 Å². The van der Waals surface area contributed by atoms with Crippen LogP contribution in [0.3, 0.4) is 0 Å². The van der Waals surface area contributed by atoms with Crippen molar-refractivity contribution in [2.24, 2.45) is 0 Å². The van der Waals surface area contributed by atoms with Gasteiger partial charge >= 0.3 is 0 Å². The molecule has 0 radical (unpaired) electrons. The highest BCUT2D eigenvalue weighted by atomic mass is 15.4. The minimum absolute atomic E-state index is 0.148. The van der Waals surface area contributed by atoms with Gasteiger partial charge in [0, 0.05) is 12.1 Å². The van der Waals surface area contributed by atoms with Gasteiger partial charge in [-0.3, -0.25) is 0 Å². The van der Waals surface area contributed by atoms with Crippen LogP contribution in [0.25, 0.3) is 0 Å². The van der Waals surface area contributed by atoms with Gasteiger partial charge in [-0.25, -0.2) is 4.68 Å². The minimum atomic E-state index is -0.148. The molecule has 1 aromatic heterocycles. The smallest absolute Gasteiger partial charge is 0.104 e. The third-order valence-corrected chi connectivity index (χ3v) is 5.53. The Morgan fingerprint density at radius 1 is 0.821 bits per heavy atom. The zero-order chi connectivity index (χ0) is 19.3. The maximum Gasteiger partial charge on any atom is 0.104 e. The normalized spacial score (nSPS) is 14.5. The van der Waals surface area contributed by atoms with Crippen molar-refractivity contribution in [1.29, 1.82) is 10.5 Å². The molecule has 138 valence electrons. The van der Waals surface area contributed by atoms with Gasteiger partial charge in [0.1, 0.15) is 6.04 Å². The van der Waals surface area contributed by atoms with E-state index in [1.165, 1.54) is 32.1 Å². The lowest BCUT2D eigenvalue weighted by molar-refractivity contribution is 0.436. The van der Waals surface area contributed by atoms with E-state index in [-0.39, 0.29) is 6.04 Å². The third kappa shape index (κ3) is 3.66. The molecule has 0 bridgehead atoms. The van der Waals surface area contributed by atoms with Gasteiger partial charge in [0.2, 0.25) is 0 Å². The van der Waals surface area contributed by atoms with Crippen molar-refractivity contribution in [3.05, 3.63) is 82.7 Å². The summed E-state index contributed by atoms with van der Waals surface area (Å²) in [5, 5.41) is 27.2. The van der Waals surface area contributed by atoms with E-state index in [2.05, 4.69) is 28.6 Å². The van der Waals surface area contributed by atoms with E-state index in [9.17, 15) is 0 Å². The first-order chi connectivity index (χ1) is 13.8. The Morgan fingerprint density at radius 3 is 1.86 bits per heavy atom. The van der Waals surface area contributed by atoms with Gasteiger partial charge in [-0.2, -0.15) is 10.5 Å². The van der Waals surface area contributed by atoms with Crippen LogP contribution < -0.4 is 0 Å². The monoisotopic (exact) mass is 367 g/mol. The lowest BCUT2D eigenvalue weighted by atomic mass is 9.87. The van der Waals surface area contributed by atoms with Crippen LogP contribution in [-0.2, 0) is 0 Å². The fourth-order valence-corrected chi connectivity index (χ4v) is 3.98. The molecular weight excluding hydrogens is 346 g/mol. The summed E-state index contributed by atoms with van der Waals surface area (Å²) in [7, 11) is 0. The van der Waals surface area contributed by atoms with E-state index in [0.717, 1.165) is 16.8 Å². The first-order valence-corrected chi connectivity index (χ1v) is 9.70. The Morgan fingerprint density at radius 2 is 1.36 bits per heavy atom. The molecule has 0 amide bonds. The van der Waals surface area contributed by atoms with E-state index in [0.29, 0.717) is 17.0 Å². The Bertz CT molecular complexity index is 955. The van der Waals surface area contributed by atoms with Crippen molar-refractivity contribution in [2.45, 2.75) is 44.1 Å². The molecule has 4 rings (SSSR count). The molecule has 0 atom stereocenters. The zero-order valence-electron chi connectivity index (χ0n) is 15.6. The summed E-state index contributed by atoms with van der Waals surface area (Å²) in [4.78, 5) is 0. The largest absolute Gasteiger partial charge is 0.240 e. The van der Waals surface area contributed by atoms with E-state index >= 15 is 0 Å². The summed E-state index contributed by atoms with van der Waals surface area (Å²) in [5.41, 5.74) is 4.38. The molecule has 28 heavy (non-hydrogen) atoms. The number of hydrogen-bond acceptors (Lipinski definition) is 4. The first-order valence-electron chi connectivity index (χ1n) is 9.70. The van der Waals surface area contributed by atoms with Crippen LogP contribution >= 0.6 is 0 Å². The van der Waals surface area contributed by atoms with Gasteiger partial charge in [0.25, 0.3) is 0 Å². The Balaban J connectivity index is 1.72. The molecule has 3 aromatic rings. The van der Waals surface area contributed by atoms with Crippen molar-refractivity contribution in [2.75, 3.05) is 0 Å². The summed E-state index contributed by atoms with van der Waals surface area (Å²) in [6, 6.07) is 19.3. The van der Waals surface area contributed by atoms with Crippen molar-refractivity contribution in [3.63, 3.8) is 0 Å². The van der Waals surface area contributed by atoms with Gasteiger partial charge in [0.15, 0.2) is 0 Å². The second-order valence-electron chi connectivity index (χ2n) is 7.33. The van der Waals surface area contributed by atoms with E-state index < -0.39 is 0 Å². The van der Waals surface area contributed by atoms with Crippen LogP contribution in [-0.4, -0.2) is 15.0 Å². The van der Waals surface area contributed by atoms with Crippen molar-refractivity contribution in [3.8, 4) is 12.1 Å². The quantitative estimate of drug-likeness (QED) is 0.669. The average molecular weight is 367 g/mol. The second-order valence-corrected chi connectivity index (χ2v) is 7.33. The topological polar surface area (TPSA) is 78.3 Å². The summed E-state index contributed by atoms with van der Waals surface area (Å²) in [5.74, 6) is 0.491. The van der Waals surface area contributed by atoms with Gasteiger partial charge < -0.3 is 0 Å². The molecule has 1 fully saturated rings. The number of aromatic nitrogens is 3. The van der Waals surface area contributed by atoms with Gasteiger partial charge in [-0.15, -0.1) is 5.10 Å². The molecule has 0 aliphatic heterocycles. The number of hydrogen-bond donors (Lipinski definition) is 0. The predicted molar refractivity (Wildman–Crippen MR) is 105 cm³/mol. The molecule has 1 aliphatic rings. The molecule has 0 N–H and O–H groups in total. The summed E-state index contributed by atoms with van der Waals surface area (Å²) in [6.07, 6.45) is 8.24. The second kappa shape index (κ2) is 8.06. The standard InChI is InChI=1S/C23H21N5/c24-14-17-6-10-20(11-7-17)23(21-12-8-18(15-25)9-13-21)28-16-22(26-27-28)19-4-2-1-3-5-19/h6-13,16,19,23H,1-5H2. The van der Waals surface area contributed by atoms with E-state index in [1.54, 1.807) is 0 Å². The maximum atomic E-state index is 9.10. The summed E-state index contributed by atoms with van der Waals surface area (Å²) >= 11 is 0. The van der Waals surface area contributed by atoms with Crippen LogP contribution in [0.4, 0.5) is 0 Å². The molecular formula is C23H21N5. The van der Waals surface area contributed by atoms with Crippen LogP contribution in [0.5, 0.6) is 0 Å². The molecule has 0 spiro atoms. The highest BCUT2D eigenvalue weighted by Gasteiger charge is 2.22. The molecule has 1 heterocycles. The molecule has 0 saturated heterocycles. The van der Waals surface area contributed by atoms with Crippen LogP contribution in [0.2, 0.25) is 0 Å². The number of benzene rings is 2. The van der Waals surface area contributed by atoms with Crippen LogP contribution in [0.15, 0.2) is 54.7 Å². The number of nitrogens with zero attached hydrogens (tertiary/aromatic N) is 5. The Labute approximate surface area is 164 Å². The van der Waals surface area contributed by atoms with Crippen LogP contribution in [0, 0.1) is 22.7 Å². The van der Waals surface area contributed by atoms with E-state index in [1.807, 2.05) is 53.2 Å². The highest BCUT2D eigenvalue weighted by molar-refractivity contribution is 5.40. The number of nitriles is 2. The minimum Gasteiger partial charge on any atom is -0.240 e. The lowest BCUT2D eigenvalue weighted by Crippen LogP contribution is -2.13. The average Bonchev–Trinajstić information content (AvgIpc) is 3.25. The predicted octanol–water partition coefficient (Wildman–Crippen LogP) is 4.71. The maximum absolute atomic E-state index is 9.10. The first kappa shape index (κ1) is 17.9. The molecule has 1 saturated carbocycles. The summed E-state index contributed by atoms with van der Waals surface area (Å²) < 4.78 is 1.91. The fourth-order valence-electron chi connectivity index (χ4n) is 3.98. The Kier molecular flexibility index (Phi) is 5.17. The zero-order valence-corrected chi connectivity index (χ0v) is 15.6. The lowest BCUT2D eigenvalue weighted by Gasteiger charge is -2.20. The van der Waals surface area contributed by atoms with E-state index in [4.69, 9.17) is 10.5 Å².